The second-order valence-electron chi connectivity index (χ2n) is 6.31. The summed E-state index contributed by atoms with van der Waals surface area (Å²) in [6.07, 6.45) is 4.59. The van der Waals surface area contributed by atoms with Crippen LogP contribution in [0.1, 0.15) is 17.5 Å². The highest BCUT2D eigenvalue weighted by Gasteiger charge is 2.28. The first kappa shape index (κ1) is 16.8. The molecule has 2 aromatic rings. The third-order valence-corrected chi connectivity index (χ3v) is 4.58. The van der Waals surface area contributed by atoms with E-state index in [9.17, 15) is 9.50 Å². The largest absolute Gasteiger partial charge is 0.391 e. The van der Waals surface area contributed by atoms with Gasteiger partial charge in [0.15, 0.2) is 0 Å². The number of hydrogen-bond acceptors (Lipinski definition) is 5. The predicted molar refractivity (Wildman–Crippen MR) is 91.1 cm³/mol. The van der Waals surface area contributed by atoms with Crippen LogP contribution in [0.3, 0.4) is 0 Å². The number of aromatic nitrogens is 2. The van der Waals surface area contributed by atoms with E-state index in [-0.39, 0.29) is 11.7 Å². The van der Waals surface area contributed by atoms with Crippen LogP contribution in [0.25, 0.3) is 0 Å². The van der Waals surface area contributed by atoms with Gasteiger partial charge < -0.3 is 10.4 Å². The van der Waals surface area contributed by atoms with Crippen molar-refractivity contribution in [3.8, 4) is 0 Å². The molecular formula is C18H23FN4O. The number of nitrogens with zero attached hydrogens (tertiary/aromatic N) is 3. The molecule has 0 aliphatic carbocycles. The van der Waals surface area contributed by atoms with Gasteiger partial charge in [-0.05, 0) is 36.9 Å². The topological polar surface area (TPSA) is 61.3 Å². The molecule has 1 aliphatic rings. The minimum absolute atomic E-state index is 0.0982. The highest BCUT2D eigenvalue weighted by molar-refractivity contribution is 5.23. The van der Waals surface area contributed by atoms with Crippen molar-refractivity contribution in [2.75, 3.05) is 25.5 Å². The van der Waals surface area contributed by atoms with Gasteiger partial charge in [-0.2, -0.15) is 0 Å². The average molecular weight is 330 g/mol. The van der Waals surface area contributed by atoms with Gasteiger partial charge in [-0.1, -0.05) is 18.2 Å². The summed E-state index contributed by atoms with van der Waals surface area (Å²) in [7, 11) is 1.78. The number of anilines is 1. The second kappa shape index (κ2) is 7.68. The normalized spacial score (nSPS) is 21.6. The van der Waals surface area contributed by atoms with Crippen LogP contribution in [-0.2, 0) is 13.0 Å². The van der Waals surface area contributed by atoms with Gasteiger partial charge >= 0.3 is 0 Å². The number of piperidine rings is 1. The average Bonchev–Trinajstić information content (AvgIpc) is 2.60. The quantitative estimate of drug-likeness (QED) is 0.879. The summed E-state index contributed by atoms with van der Waals surface area (Å²) in [6, 6.07) is 6.81. The van der Waals surface area contributed by atoms with Crippen molar-refractivity contribution >= 4 is 5.95 Å². The molecule has 1 saturated heterocycles. The molecule has 0 bridgehead atoms. The molecule has 0 spiro atoms. The Labute approximate surface area is 141 Å². The number of aliphatic hydroxyl groups is 1. The molecular weight excluding hydrogens is 307 g/mol. The third kappa shape index (κ3) is 4.07. The van der Waals surface area contributed by atoms with Gasteiger partial charge in [0.05, 0.1) is 6.10 Å². The summed E-state index contributed by atoms with van der Waals surface area (Å²) >= 11 is 0. The zero-order valence-corrected chi connectivity index (χ0v) is 13.8. The van der Waals surface area contributed by atoms with Crippen molar-refractivity contribution in [1.29, 1.82) is 0 Å². The molecule has 5 nitrogen and oxygen atoms in total. The van der Waals surface area contributed by atoms with E-state index in [0.717, 1.165) is 18.5 Å². The van der Waals surface area contributed by atoms with E-state index >= 15 is 0 Å². The molecule has 128 valence electrons. The molecule has 24 heavy (non-hydrogen) atoms. The molecule has 2 heterocycles. The standard InChI is InChI=1S/C18H23FN4O/c1-20-18-21-9-13(10-22-18)11-23-7-6-15(17(24)12-23)8-14-4-2-3-5-16(14)19/h2-5,9-10,15,17,24H,6-8,11-12H2,1H3,(H,20,21,22)/t15-,17+/m1/s1. The smallest absolute Gasteiger partial charge is 0.222 e. The van der Waals surface area contributed by atoms with Crippen LogP contribution in [0, 0.1) is 11.7 Å². The van der Waals surface area contributed by atoms with Crippen molar-refractivity contribution in [3.63, 3.8) is 0 Å². The molecule has 0 amide bonds. The zero-order chi connectivity index (χ0) is 16.9. The molecule has 0 radical (unpaired) electrons. The van der Waals surface area contributed by atoms with E-state index < -0.39 is 6.10 Å². The number of β-amino-alcohol motifs (C(OH)–C–C–N with tert-alkyl or cyclic N) is 1. The molecule has 6 heteroatoms. The van der Waals surface area contributed by atoms with Gasteiger partial charge in [-0.15, -0.1) is 0 Å². The van der Waals surface area contributed by atoms with Gasteiger partial charge in [-0.25, -0.2) is 14.4 Å². The number of hydrogen-bond donors (Lipinski definition) is 2. The lowest BCUT2D eigenvalue weighted by Gasteiger charge is -2.36. The van der Waals surface area contributed by atoms with Gasteiger partial charge in [0.1, 0.15) is 5.82 Å². The first-order chi connectivity index (χ1) is 11.7. The summed E-state index contributed by atoms with van der Waals surface area (Å²) < 4.78 is 13.8. The van der Waals surface area contributed by atoms with Crippen LogP contribution in [0.5, 0.6) is 0 Å². The predicted octanol–water partition coefficient (Wildman–Crippen LogP) is 2.08. The van der Waals surface area contributed by atoms with E-state index in [0.29, 0.717) is 31.0 Å². The molecule has 2 N–H and O–H groups in total. The second-order valence-corrected chi connectivity index (χ2v) is 6.31. The highest BCUT2D eigenvalue weighted by atomic mass is 19.1. The fourth-order valence-electron chi connectivity index (χ4n) is 3.20. The van der Waals surface area contributed by atoms with Crippen molar-refractivity contribution < 1.29 is 9.50 Å². The molecule has 0 saturated carbocycles. The van der Waals surface area contributed by atoms with Crippen LogP contribution in [0.4, 0.5) is 10.3 Å². The monoisotopic (exact) mass is 330 g/mol. The molecule has 1 aromatic heterocycles. The van der Waals surface area contributed by atoms with E-state index in [4.69, 9.17) is 0 Å². The van der Waals surface area contributed by atoms with Crippen LogP contribution in [0.15, 0.2) is 36.7 Å². The summed E-state index contributed by atoms with van der Waals surface area (Å²) in [5.41, 5.74) is 1.71. The molecule has 3 rings (SSSR count). The van der Waals surface area contributed by atoms with Gasteiger partial charge in [0, 0.05) is 38.1 Å². The Bertz CT molecular complexity index is 664. The molecule has 0 unspecified atom stereocenters. The van der Waals surface area contributed by atoms with Gasteiger partial charge in [0.2, 0.25) is 5.95 Å². The van der Waals surface area contributed by atoms with Crippen molar-refractivity contribution in [2.24, 2.45) is 5.92 Å². The molecule has 2 atom stereocenters. The fraction of sp³-hybridized carbons (Fsp3) is 0.444. The van der Waals surface area contributed by atoms with Crippen molar-refractivity contribution in [3.05, 3.63) is 53.6 Å². The number of benzene rings is 1. The highest BCUT2D eigenvalue weighted by Crippen LogP contribution is 2.24. The van der Waals surface area contributed by atoms with Crippen LogP contribution >= 0.6 is 0 Å². The number of aliphatic hydroxyl groups excluding tert-OH is 1. The van der Waals surface area contributed by atoms with E-state index in [1.807, 2.05) is 6.07 Å². The van der Waals surface area contributed by atoms with E-state index in [1.54, 1.807) is 31.6 Å². The molecule has 1 aliphatic heterocycles. The van der Waals surface area contributed by atoms with Gasteiger partial charge in [-0.3, -0.25) is 4.90 Å². The van der Waals surface area contributed by atoms with Gasteiger partial charge in [0.25, 0.3) is 0 Å². The fourth-order valence-corrected chi connectivity index (χ4v) is 3.20. The number of likely N-dealkylation sites (tertiary alicyclic amines) is 1. The van der Waals surface area contributed by atoms with E-state index in [1.165, 1.54) is 6.07 Å². The zero-order valence-electron chi connectivity index (χ0n) is 13.8. The number of halogens is 1. The van der Waals surface area contributed by atoms with E-state index in [2.05, 4.69) is 20.2 Å². The maximum atomic E-state index is 13.8. The summed E-state index contributed by atoms with van der Waals surface area (Å²) in [5, 5.41) is 13.3. The third-order valence-electron chi connectivity index (χ3n) is 4.58. The van der Waals surface area contributed by atoms with Crippen LogP contribution in [0.2, 0.25) is 0 Å². The SMILES string of the molecule is CNc1ncc(CN2CC[C@H](Cc3ccccc3F)[C@@H](O)C2)cn1. The number of rotatable bonds is 5. The number of nitrogens with one attached hydrogen (secondary N) is 1. The molecule has 1 aromatic carbocycles. The molecule has 1 fully saturated rings. The van der Waals surface area contributed by atoms with Crippen LogP contribution < -0.4 is 5.32 Å². The summed E-state index contributed by atoms with van der Waals surface area (Å²) in [4.78, 5) is 10.6. The minimum Gasteiger partial charge on any atom is -0.391 e. The lowest BCUT2D eigenvalue weighted by molar-refractivity contribution is 0.0184. The van der Waals surface area contributed by atoms with Crippen molar-refractivity contribution in [2.45, 2.75) is 25.5 Å². The maximum Gasteiger partial charge on any atom is 0.222 e. The first-order valence-corrected chi connectivity index (χ1v) is 8.28. The Morgan fingerprint density at radius 3 is 2.71 bits per heavy atom. The lowest BCUT2D eigenvalue weighted by Crippen LogP contribution is -2.44. The first-order valence-electron chi connectivity index (χ1n) is 8.28. The lowest BCUT2D eigenvalue weighted by atomic mass is 9.87. The Hall–Kier alpha value is -2.05. The maximum absolute atomic E-state index is 13.8. The Balaban J connectivity index is 1.55. The summed E-state index contributed by atoms with van der Waals surface area (Å²) in [6.45, 7) is 2.18. The van der Waals surface area contributed by atoms with Crippen LogP contribution in [-0.4, -0.2) is 46.2 Å². The Kier molecular flexibility index (Phi) is 5.37. The Morgan fingerprint density at radius 1 is 1.29 bits per heavy atom. The minimum atomic E-state index is -0.448. The summed E-state index contributed by atoms with van der Waals surface area (Å²) in [5.74, 6) is 0.511. The Morgan fingerprint density at radius 2 is 2.04 bits per heavy atom. The van der Waals surface area contributed by atoms with Crippen molar-refractivity contribution in [1.82, 2.24) is 14.9 Å².